The SMILES string of the molecule is Cc1cccc(/C(=N\O)C(O)CN2CCN(c3ccccn3)CC2)c1. The van der Waals surface area contributed by atoms with Crippen molar-refractivity contribution in [2.24, 2.45) is 5.16 Å². The second-order valence-corrected chi connectivity index (χ2v) is 6.35. The molecule has 1 aliphatic heterocycles. The van der Waals surface area contributed by atoms with Gasteiger partial charge < -0.3 is 15.2 Å². The number of benzene rings is 1. The summed E-state index contributed by atoms with van der Waals surface area (Å²) in [6.07, 6.45) is 0.977. The fraction of sp³-hybridized carbons (Fsp3) is 0.368. The third-order valence-corrected chi connectivity index (χ3v) is 4.51. The molecule has 2 aromatic rings. The number of hydrogen-bond donors (Lipinski definition) is 2. The topological polar surface area (TPSA) is 72.2 Å². The number of anilines is 1. The van der Waals surface area contributed by atoms with E-state index in [9.17, 15) is 10.3 Å². The lowest BCUT2D eigenvalue weighted by atomic mass is 10.0. The number of aromatic nitrogens is 1. The standard InChI is InChI=1S/C19H24N4O2/c1-15-5-4-6-16(13-15)19(21-25)17(24)14-22-9-11-23(12-10-22)18-7-2-3-8-20-18/h2-8,13,17,24-25H,9-12,14H2,1H3/b21-19+. The Balaban J connectivity index is 1.58. The smallest absolute Gasteiger partial charge is 0.128 e. The number of pyridine rings is 1. The van der Waals surface area contributed by atoms with Crippen LogP contribution in [0.2, 0.25) is 0 Å². The molecular weight excluding hydrogens is 316 g/mol. The Morgan fingerprint density at radius 3 is 2.60 bits per heavy atom. The molecule has 1 atom stereocenters. The number of hydrogen-bond acceptors (Lipinski definition) is 6. The summed E-state index contributed by atoms with van der Waals surface area (Å²) in [7, 11) is 0. The highest BCUT2D eigenvalue weighted by Crippen LogP contribution is 2.14. The number of nitrogens with zero attached hydrogens (tertiary/aromatic N) is 4. The molecule has 3 rings (SSSR count). The average molecular weight is 340 g/mol. The van der Waals surface area contributed by atoms with Crippen molar-refractivity contribution in [1.82, 2.24) is 9.88 Å². The van der Waals surface area contributed by atoms with Crippen LogP contribution in [0.3, 0.4) is 0 Å². The Morgan fingerprint density at radius 1 is 1.16 bits per heavy atom. The molecule has 1 fully saturated rings. The number of piperazine rings is 1. The highest BCUT2D eigenvalue weighted by atomic mass is 16.4. The Kier molecular flexibility index (Phi) is 5.63. The summed E-state index contributed by atoms with van der Waals surface area (Å²) in [6.45, 7) is 5.81. The van der Waals surface area contributed by atoms with Gasteiger partial charge in [0.15, 0.2) is 0 Å². The molecule has 2 N–H and O–H groups in total. The van der Waals surface area contributed by atoms with E-state index in [1.54, 1.807) is 6.20 Å². The molecule has 1 unspecified atom stereocenters. The molecule has 132 valence electrons. The van der Waals surface area contributed by atoms with Crippen LogP contribution in [0.15, 0.2) is 53.8 Å². The molecule has 0 spiro atoms. The quantitative estimate of drug-likeness (QED) is 0.493. The lowest BCUT2D eigenvalue weighted by Gasteiger charge is -2.36. The van der Waals surface area contributed by atoms with E-state index in [0.717, 1.165) is 43.1 Å². The van der Waals surface area contributed by atoms with Crippen molar-refractivity contribution >= 4 is 11.5 Å². The first-order chi connectivity index (χ1) is 12.2. The summed E-state index contributed by atoms with van der Waals surface area (Å²) in [6, 6.07) is 13.6. The van der Waals surface area contributed by atoms with Crippen molar-refractivity contribution in [3.05, 3.63) is 59.8 Å². The van der Waals surface area contributed by atoms with E-state index < -0.39 is 6.10 Å². The Morgan fingerprint density at radius 2 is 1.96 bits per heavy atom. The van der Waals surface area contributed by atoms with Crippen LogP contribution < -0.4 is 4.90 Å². The first-order valence-corrected chi connectivity index (χ1v) is 8.53. The summed E-state index contributed by atoms with van der Waals surface area (Å²) in [4.78, 5) is 8.81. The van der Waals surface area contributed by atoms with Crippen LogP contribution in [0.4, 0.5) is 5.82 Å². The average Bonchev–Trinajstić information content (AvgIpc) is 2.64. The van der Waals surface area contributed by atoms with Gasteiger partial charge in [0.2, 0.25) is 0 Å². The molecule has 25 heavy (non-hydrogen) atoms. The van der Waals surface area contributed by atoms with Gasteiger partial charge in [-0.1, -0.05) is 35.0 Å². The van der Waals surface area contributed by atoms with Gasteiger partial charge in [-0.25, -0.2) is 4.98 Å². The second kappa shape index (κ2) is 8.09. The van der Waals surface area contributed by atoms with E-state index in [1.165, 1.54) is 0 Å². The van der Waals surface area contributed by atoms with Gasteiger partial charge in [0, 0.05) is 44.5 Å². The third-order valence-electron chi connectivity index (χ3n) is 4.51. The van der Waals surface area contributed by atoms with Gasteiger partial charge in [0.05, 0.1) is 0 Å². The van der Waals surface area contributed by atoms with Gasteiger partial charge in [-0.2, -0.15) is 0 Å². The Bertz CT molecular complexity index is 712. The molecule has 0 amide bonds. The molecule has 0 bridgehead atoms. The lowest BCUT2D eigenvalue weighted by molar-refractivity contribution is 0.150. The van der Waals surface area contributed by atoms with Crippen molar-refractivity contribution < 1.29 is 10.3 Å². The highest BCUT2D eigenvalue weighted by Gasteiger charge is 2.23. The molecule has 2 heterocycles. The van der Waals surface area contributed by atoms with Gasteiger partial charge >= 0.3 is 0 Å². The maximum Gasteiger partial charge on any atom is 0.128 e. The lowest BCUT2D eigenvalue weighted by Crippen LogP contribution is -2.50. The predicted molar refractivity (Wildman–Crippen MR) is 98.4 cm³/mol. The Labute approximate surface area is 148 Å². The van der Waals surface area contributed by atoms with Crippen molar-refractivity contribution in [3.8, 4) is 0 Å². The van der Waals surface area contributed by atoms with E-state index in [2.05, 4.69) is 19.9 Å². The first-order valence-electron chi connectivity index (χ1n) is 8.53. The predicted octanol–water partition coefficient (Wildman–Crippen LogP) is 1.75. The zero-order chi connectivity index (χ0) is 17.6. The molecule has 1 aromatic heterocycles. The van der Waals surface area contributed by atoms with Gasteiger partial charge in [0.25, 0.3) is 0 Å². The van der Waals surface area contributed by atoms with Crippen molar-refractivity contribution in [2.45, 2.75) is 13.0 Å². The molecule has 0 saturated carbocycles. The fourth-order valence-electron chi connectivity index (χ4n) is 3.15. The summed E-state index contributed by atoms with van der Waals surface area (Å²) >= 11 is 0. The molecule has 1 aliphatic rings. The number of aliphatic hydroxyl groups is 1. The minimum absolute atomic E-state index is 0.316. The van der Waals surface area contributed by atoms with Crippen molar-refractivity contribution in [3.63, 3.8) is 0 Å². The maximum absolute atomic E-state index is 10.5. The largest absolute Gasteiger partial charge is 0.411 e. The maximum atomic E-state index is 10.5. The minimum Gasteiger partial charge on any atom is -0.411 e. The summed E-state index contributed by atoms with van der Waals surface area (Å²) in [5, 5.41) is 23.2. The van der Waals surface area contributed by atoms with Crippen LogP contribution in [-0.4, -0.2) is 64.7 Å². The number of oxime groups is 1. The normalized spacial score (nSPS) is 17.5. The zero-order valence-corrected chi connectivity index (χ0v) is 14.4. The number of rotatable bonds is 5. The summed E-state index contributed by atoms with van der Waals surface area (Å²) in [5.74, 6) is 0.986. The molecular formula is C19H24N4O2. The van der Waals surface area contributed by atoms with Crippen LogP contribution in [0.5, 0.6) is 0 Å². The zero-order valence-electron chi connectivity index (χ0n) is 14.4. The van der Waals surface area contributed by atoms with Crippen LogP contribution in [0.25, 0.3) is 0 Å². The molecule has 0 radical (unpaired) electrons. The molecule has 6 heteroatoms. The van der Waals surface area contributed by atoms with Gasteiger partial charge in [-0.15, -0.1) is 0 Å². The monoisotopic (exact) mass is 340 g/mol. The van der Waals surface area contributed by atoms with E-state index in [4.69, 9.17) is 0 Å². The summed E-state index contributed by atoms with van der Waals surface area (Å²) in [5.41, 5.74) is 2.13. The highest BCUT2D eigenvalue weighted by molar-refractivity contribution is 6.03. The van der Waals surface area contributed by atoms with Crippen molar-refractivity contribution in [2.75, 3.05) is 37.6 Å². The molecule has 1 aromatic carbocycles. The van der Waals surface area contributed by atoms with Crippen LogP contribution >= 0.6 is 0 Å². The van der Waals surface area contributed by atoms with E-state index in [0.29, 0.717) is 12.3 Å². The van der Waals surface area contributed by atoms with Gasteiger partial charge in [-0.05, 0) is 25.1 Å². The van der Waals surface area contributed by atoms with Crippen LogP contribution in [-0.2, 0) is 0 Å². The second-order valence-electron chi connectivity index (χ2n) is 6.35. The Hall–Kier alpha value is -2.44. The molecule has 6 nitrogen and oxygen atoms in total. The number of β-amino-alcohol motifs (C(OH)–C–C–N with tert-alkyl or cyclic N) is 1. The van der Waals surface area contributed by atoms with Crippen LogP contribution in [0, 0.1) is 6.92 Å². The minimum atomic E-state index is -0.826. The van der Waals surface area contributed by atoms with E-state index >= 15 is 0 Å². The van der Waals surface area contributed by atoms with Crippen molar-refractivity contribution in [1.29, 1.82) is 0 Å². The number of aryl methyl sites for hydroxylation is 1. The first kappa shape index (κ1) is 17.4. The van der Waals surface area contributed by atoms with Crippen LogP contribution in [0.1, 0.15) is 11.1 Å². The number of aliphatic hydroxyl groups excluding tert-OH is 1. The molecule has 0 aliphatic carbocycles. The molecule has 1 saturated heterocycles. The van der Waals surface area contributed by atoms with E-state index in [1.807, 2.05) is 49.4 Å². The van der Waals surface area contributed by atoms with Gasteiger partial charge in [-0.3, -0.25) is 4.90 Å². The van der Waals surface area contributed by atoms with E-state index in [-0.39, 0.29) is 0 Å². The summed E-state index contributed by atoms with van der Waals surface area (Å²) < 4.78 is 0. The fourth-order valence-corrected chi connectivity index (χ4v) is 3.15. The third kappa shape index (κ3) is 4.35. The van der Waals surface area contributed by atoms with Gasteiger partial charge in [0.1, 0.15) is 17.6 Å².